The van der Waals surface area contributed by atoms with E-state index in [1.807, 2.05) is 115 Å². The van der Waals surface area contributed by atoms with E-state index in [2.05, 4.69) is 13.2 Å². The van der Waals surface area contributed by atoms with Crippen LogP contribution in [0.15, 0.2) is 120 Å². The third-order valence-electron chi connectivity index (χ3n) is 6.23. The van der Waals surface area contributed by atoms with Crippen molar-refractivity contribution in [2.75, 3.05) is 0 Å². The Morgan fingerprint density at radius 1 is 0.622 bits per heavy atom. The second-order valence-electron chi connectivity index (χ2n) is 8.69. The van der Waals surface area contributed by atoms with Gasteiger partial charge in [0.05, 0.1) is 0 Å². The zero-order valence-electron chi connectivity index (χ0n) is 20.1. The predicted octanol–water partition coefficient (Wildman–Crippen LogP) is 6.52. The number of hydrogen-bond donors (Lipinski definition) is 0. The maximum atomic E-state index is 6.07. The second-order valence-corrected chi connectivity index (χ2v) is 8.69. The summed E-state index contributed by atoms with van der Waals surface area (Å²) >= 11 is 0. The first-order chi connectivity index (χ1) is 18.2. The maximum absolute atomic E-state index is 6.07. The van der Waals surface area contributed by atoms with Gasteiger partial charge in [-0.2, -0.15) is 0 Å². The van der Waals surface area contributed by atoms with Gasteiger partial charge in [-0.25, -0.2) is 15.0 Å². The fourth-order valence-electron chi connectivity index (χ4n) is 4.40. The van der Waals surface area contributed by atoms with Crippen molar-refractivity contribution in [2.24, 2.45) is 0 Å². The van der Waals surface area contributed by atoms with Crippen LogP contribution in [0.5, 0.6) is 0 Å². The van der Waals surface area contributed by atoms with Gasteiger partial charge < -0.3 is 4.42 Å². The predicted molar refractivity (Wildman–Crippen MR) is 151 cm³/mol. The average molecular weight is 478 g/mol. The van der Waals surface area contributed by atoms with Crippen LogP contribution in [0, 0.1) is 0 Å². The first-order valence-electron chi connectivity index (χ1n) is 12.0. The molecule has 4 aromatic carbocycles. The molecular formula is C33H23N3O. The van der Waals surface area contributed by atoms with Gasteiger partial charge >= 0.3 is 0 Å². The summed E-state index contributed by atoms with van der Waals surface area (Å²) in [7, 11) is 0. The van der Waals surface area contributed by atoms with Gasteiger partial charge in [0, 0.05) is 27.3 Å². The highest BCUT2D eigenvalue weighted by atomic mass is 16.3. The minimum atomic E-state index is 0.569. The van der Waals surface area contributed by atoms with Crippen LogP contribution in [0.2, 0.25) is 0 Å². The van der Waals surface area contributed by atoms with Crippen LogP contribution in [0.1, 0.15) is 5.56 Å². The lowest BCUT2D eigenvalue weighted by molar-refractivity contribution is 0.577. The van der Waals surface area contributed by atoms with Crippen molar-refractivity contribution in [3.05, 3.63) is 132 Å². The van der Waals surface area contributed by atoms with Crippen LogP contribution < -0.4 is 10.6 Å². The topological polar surface area (TPSA) is 51.8 Å². The highest BCUT2D eigenvalue weighted by Crippen LogP contribution is 2.28. The monoisotopic (exact) mass is 477 g/mol. The fraction of sp³-hybridized carbons (Fsp3) is 0. The van der Waals surface area contributed by atoms with Crippen LogP contribution in [0.3, 0.4) is 0 Å². The van der Waals surface area contributed by atoms with Crippen molar-refractivity contribution < 1.29 is 4.42 Å². The van der Waals surface area contributed by atoms with Crippen molar-refractivity contribution >= 4 is 29.2 Å². The van der Waals surface area contributed by atoms with Crippen molar-refractivity contribution in [1.29, 1.82) is 0 Å². The van der Waals surface area contributed by atoms with E-state index in [-0.39, 0.29) is 0 Å². The van der Waals surface area contributed by atoms with E-state index >= 15 is 0 Å². The minimum Gasteiger partial charge on any atom is -0.457 e. The molecule has 0 fully saturated rings. The van der Waals surface area contributed by atoms with E-state index in [1.165, 1.54) is 0 Å². The highest BCUT2D eigenvalue weighted by molar-refractivity contribution is 5.97. The first-order valence-corrected chi connectivity index (χ1v) is 12.0. The Morgan fingerprint density at radius 3 is 1.76 bits per heavy atom. The van der Waals surface area contributed by atoms with E-state index in [4.69, 9.17) is 19.4 Å². The third-order valence-corrected chi connectivity index (χ3v) is 6.23. The summed E-state index contributed by atoms with van der Waals surface area (Å²) in [4.78, 5) is 14.6. The quantitative estimate of drug-likeness (QED) is 0.284. The number of nitrogens with zero attached hydrogens (tertiary/aromatic N) is 3. The summed E-state index contributed by atoms with van der Waals surface area (Å²) in [5, 5.41) is 1.76. The van der Waals surface area contributed by atoms with Gasteiger partial charge in [0.2, 0.25) is 0 Å². The molecule has 4 nitrogen and oxygen atoms in total. The Hall–Kier alpha value is -5.09. The first kappa shape index (κ1) is 22.4. The Bertz CT molecular complexity index is 1780. The third kappa shape index (κ3) is 4.37. The normalized spacial score (nSPS) is 11.6. The molecule has 4 heteroatoms. The number of aromatic nitrogens is 3. The number of rotatable bonds is 5. The fourth-order valence-corrected chi connectivity index (χ4v) is 4.40. The largest absolute Gasteiger partial charge is 0.457 e. The standard InChI is InChI=1S/C33H23N3O/c1-22(24-13-6-3-7-14-24)21-28-23(2)37-29-20-12-19-27(30(28)29)33-35-31(25-15-8-4-9-16-25)34-32(36-33)26-17-10-5-11-18-26/h3-21H,1-2H2/b28-21+. The van der Waals surface area contributed by atoms with Gasteiger partial charge in [0.15, 0.2) is 17.5 Å². The molecule has 6 rings (SSSR count). The van der Waals surface area contributed by atoms with Gasteiger partial charge in [0.25, 0.3) is 0 Å². The molecular weight excluding hydrogens is 454 g/mol. The summed E-state index contributed by atoms with van der Waals surface area (Å²) in [6, 6.07) is 35.9. The minimum absolute atomic E-state index is 0.569. The molecule has 0 aliphatic heterocycles. The number of hydrogen-bond acceptors (Lipinski definition) is 4. The zero-order valence-corrected chi connectivity index (χ0v) is 20.1. The van der Waals surface area contributed by atoms with Gasteiger partial charge in [-0.1, -0.05) is 116 Å². The molecule has 0 aliphatic rings. The summed E-state index contributed by atoms with van der Waals surface area (Å²) in [5.41, 5.74) is 5.88. The molecule has 0 atom stereocenters. The van der Waals surface area contributed by atoms with Gasteiger partial charge in [-0.15, -0.1) is 0 Å². The molecule has 0 saturated carbocycles. The molecule has 0 amide bonds. The molecule has 6 aromatic rings. The van der Waals surface area contributed by atoms with E-state index in [0.29, 0.717) is 22.9 Å². The Kier molecular flexibility index (Phi) is 5.75. The van der Waals surface area contributed by atoms with E-state index in [1.54, 1.807) is 0 Å². The van der Waals surface area contributed by atoms with Crippen molar-refractivity contribution in [3.8, 4) is 34.2 Å². The second kappa shape index (κ2) is 9.51. The molecule has 0 spiro atoms. The van der Waals surface area contributed by atoms with Crippen molar-refractivity contribution in [3.63, 3.8) is 0 Å². The highest BCUT2D eigenvalue weighted by Gasteiger charge is 2.16. The van der Waals surface area contributed by atoms with Crippen molar-refractivity contribution in [1.82, 2.24) is 15.0 Å². The number of furan rings is 1. The lowest BCUT2D eigenvalue weighted by Gasteiger charge is -2.09. The summed E-state index contributed by atoms with van der Waals surface area (Å²) in [6.45, 7) is 8.47. The molecule has 0 saturated heterocycles. The Balaban J connectivity index is 1.61. The smallest absolute Gasteiger partial charge is 0.164 e. The van der Waals surface area contributed by atoms with Crippen LogP contribution >= 0.6 is 0 Å². The number of fused-ring (bicyclic) bond motifs is 1. The van der Waals surface area contributed by atoms with E-state index in [0.717, 1.165) is 44.0 Å². The molecule has 176 valence electrons. The molecule has 0 radical (unpaired) electrons. The summed E-state index contributed by atoms with van der Waals surface area (Å²) in [5.74, 6) is 1.79. The molecule has 0 aliphatic carbocycles. The van der Waals surface area contributed by atoms with Crippen LogP contribution in [-0.2, 0) is 0 Å². The SMILES string of the molecule is C=C(/C=c1\c(=C)oc2cccc(-c3nc(-c4ccccc4)nc(-c4ccccc4)n3)c12)c1ccccc1. The van der Waals surface area contributed by atoms with E-state index < -0.39 is 0 Å². The molecule has 2 heterocycles. The van der Waals surface area contributed by atoms with Gasteiger partial charge in [0.1, 0.15) is 11.0 Å². The molecule has 0 bridgehead atoms. The number of allylic oxidation sites excluding steroid dienone is 1. The molecule has 37 heavy (non-hydrogen) atoms. The molecule has 2 aromatic heterocycles. The van der Waals surface area contributed by atoms with Crippen LogP contribution in [0.25, 0.3) is 63.4 Å². The number of benzene rings is 4. The van der Waals surface area contributed by atoms with Crippen LogP contribution in [-0.4, -0.2) is 15.0 Å². The average Bonchev–Trinajstić information content (AvgIpc) is 3.28. The summed E-state index contributed by atoms with van der Waals surface area (Å²) in [6.07, 6.45) is 2.02. The molecule has 0 unspecified atom stereocenters. The summed E-state index contributed by atoms with van der Waals surface area (Å²) < 4.78 is 6.07. The van der Waals surface area contributed by atoms with Gasteiger partial charge in [-0.05, 0) is 23.3 Å². The lowest BCUT2D eigenvalue weighted by atomic mass is 10.0. The van der Waals surface area contributed by atoms with Crippen LogP contribution in [0.4, 0.5) is 0 Å². The lowest BCUT2D eigenvalue weighted by Crippen LogP contribution is -2.18. The van der Waals surface area contributed by atoms with Crippen molar-refractivity contribution in [2.45, 2.75) is 0 Å². The Morgan fingerprint density at radius 2 is 1.16 bits per heavy atom. The van der Waals surface area contributed by atoms with Gasteiger partial charge in [-0.3, -0.25) is 0 Å². The Labute approximate surface area is 214 Å². The molecule has 0 N–H and O–H groups in total. The zero-order chi connectivity index (χ0) is 25.2. The maximum Gasteiger partial charge on any atom is 0.164 e. The van der Waals surface area contributed by atoms with E-state index in [9.17, 15) is 0 Å².